The van der Waals surface area contributed by atoms with Gasteiger partial charge in [-0.15, -0.1) is 0 Å². The molecule has 5 heteroatoms. The molecule has 2 aliphatic rings. The summed E-state index contributed by atoms with van der Waals surface area (Å²) < 4.78 is 5.78. The number of thioether (sulfide) groups is 1. The molecule has 0 amide bonds. The molecule has 2 fully saturated rings. The van der Waals surface area contributed by atoms with Crippen molar-refractivity contribution >= 4 is 17.7 Å². The van der Waals surface area contributed by atoms with Crippen molar-refractivity contribution in [1.29, 1.82) is 0 Å². The van der Waals surface area contributed by atoms with Gasteiger partial charge in [0.15, 0.2) is 5.96 Å². The number of aliphatic imine (C=N–C) groups is 1. The summed E-state index contributed by atoms with van der Waals surface area (Å²) in [5.74, 6) is 3.84. The predicted octanol–water partition coefficient (Wildman–Crippen LogP) is 1.95. The summed E-state index contributed by atoms with van der Waals surface area (Å²) >= 11 is 1.99. The van der Waals surface area contributed by atoms with E-state index in [1.54, 1.807) is 0 Å². The monoisotopic (exact) mass is 285 g/mol. The Morgan fingerprint density at radius 1 is 1.37 bits per heavy atom. The van der Waals surface area contributed by atoms with Gasteiger partial charge in [0.25, 0.3) is 0 Å². The minimum absolute atomic E-state index is 0.0678. The topological polar surface area (TPSA) is 50.9 Å². The zero-order valence-corrected chi connectivity index (χ0v) is 13.0. The first-order valence-corrected chi connectivity index (χ1v) is 8.48. The van der Waals surface area contributed by atoms with E-state index in [2.05, 4.69) is 16.8 Å². The van der Waals surface area contributed by atoms with E-state index in [4.69, 9.17) is 10.5 Å². The van der Waals surface area contributed by atoms with E-state index in [-0.39, 0.29) is 5.60 Å². The second kappa shape index (κ2) is 6.84. The van der Waals surface area contributed by atoms with Gasteiger partial charge >= 0.3 is 0 Å². The minimum Gasteiger partial charge on any atom is -0.376 e. The number of methoxy groups -OCH3 is 1. The lowest BCUT2D eigenvalue weighted by atomic mass is 9.79. The van der Waals surface area contributed by atoms with Gasteiger partial charge in [-0.05, 0) is 31.6 Å². The number of hydrogen-bond donors (Lipinski definition) is 1. The number of ether oxygens (including phenoxy) is 1. The zero-order valence-electron chi connectivity index (χ0n) is 12.2. The summed E-state index contributed by atoms with van der Waals surface area (Å²) in [6, 6.07) is 0. The second-order valence-corrected chi connectivity index (χ2v) is 7.07. The van der Waals surface area contributed by atoms with Crippen LogP contribution < -0.4 is 5.73 Å². The highest BCUT2D eigenvalue weighted by Crippen LogP contribution is 2.34. The Labute approximate surface area is 121 Å². The maximum absolute atomic E-state index is 6.12. The van der Waals surface area contributed by atoms with E-state index in [9.17, 15) is 0 Å². The maximum Gasteiger partial charge on any atom is 0.191 e. The largest absolute Gasteiger partial charge is 0.376 e. The van der Waals surface area contributed by atoms with Crippen LogP contribution in [0.5, 0.6) is 0 Å². The first-order valence-electron chi connectivity index (χ1n) is 7.33. The molecule has 0 unspecified atom stereocenters. The number of guanidine groups is 1. The number of nitrogens with zero attached hydrogens (tertiary/aromatic N) is 2. The van der Waals surface area contributed by atoms with E-state index in [1.165, 1.54) is 12.8 Å². The van der Waals surface area contributed by atoms with Crippen molar-refractivity contribution in [3.8, 4) is 0 Å². The Balaban J connectivity index is 1.90. The lowest BCUT2D eigenvalue weighted by Gasteiger charge is -2.37. The third-order valence-electron chi connectivity index (χ3n) is 4.48. The van der Waals surface area contributed by atoms with Gasteiger partial charge < -0.3 is 15.4 Å². The summed E-state index contributed by atoms with van der Waals surface area (Å²) in [5, 5.41) is 0. The quantitative estimate of drug-likeness (QED) is 0.636. The smallest absolute Gasteiger partial charge is 0.191 e. The van der Waals surface area contributed by atoms with Crippen molar-refractivity contribution in [2.24, 2.45) is 16.6 Å². The molecule has 2 N–H and O–H groups in total. The maximum atomic E-state index is 6.12. The van der Waals surface area contributed by atoms with Crippen LogP contribution in [0.15, 0.2) is 4.99 Å². The van der Waals surface area contributed by atoms with E-state index >= 15 is 0 Å². The average molecular weight is 285 g/mol. The molecule has 19 heavy (non-hydrogen) atoms. The van der Waals surface area contributed by atoms with Gasteiger partial charge in [0, 0.05) is 31.7 Å². The number of rotatable bonds is 3. The average Bonchev–Trinajstić information content (AvgIpc) is 2.48. The SMILES string of the molecule is COC1(CN=C(N)N2CCSCC2)CCC(C)CC1. The van der Waals surface area contributed by atoms with Crippen LogP contribution in [0, 0.1) is 5.92 Å². The van der Waals surface area contributed by atoms with Crippen LogP contribution in [0.2, 0.25) is 0 Å². The van der Waals surface area contributed by atoms with Gasteiger partial charge in [0.1, 0.15) is 0 Å². The third kappa shape index (κ3) is 4.02. The fourth-order valence-corrected chi connectivity index (χ4v) is 3.74. The Hall–Kier alpha value is -0.420. The highest BCUT2D eigenvalue weighted by Gasteiger charge is 2.34. The van der Waals surface area contributed by atoms with Crippen molar-refractivity contribution in [2.75, 3.05) is 38.2 Å². The first kappa shape index (κ1) is 15.0. The van der Waals surface area contributed by atoms with Crippen LogP contribution in [0.3, 0.4) is 0 Å². The Kier molecular flexibility index (Phi) is 5.39. The van der Waals surface area contributed by atoms with Crippen molar-refractivity contribution in [1.82, 2.24) is 4.90 Å². The number of hydrogen-bond acceptors (Lipinski definition) is 3. The molecule has 0 radical (unpaired) electrons. The molecule has 2 rings (SSSR count). The van der Waals surface area contributed by atoms with E-state index < -0.39 is 0 Å². The Morgan fingerprint density at radius 3 is 2.58 bits per heavy atom. The van der Waals surface area contributed by atoms with Crippen molar-refractivity contribution in [3.05, 3.63) is 0 Å². The second-order valence-electron chi connectivity index (χ2n) is 5.84. The first-order chi connectivity index (χ1) is 9.15. The molecule has 0 aromatic rings. The fourth-order valence-electron chi connectivity index (χ4n) is 2.83. The molecular weight excluding hydrogens is 258 g/mol. The summed E-state index contributed by atoms with van der Waals surface area (Å²) in [7, 11) is 1.82. The molecule has 1 saturated carbocycles. The van der Waals surface area contributed by atoms with Gasteiger partial charge in [0.2, 0.25) is 0 Å². The summed E-state index contributed by atoms with van der Waals surface area (Å²) in [4.78, 5) is 6.83. The van der Waals surface area contributed by atoms with Gasteiger partial charge in [0.05, 0.1) is 12.1 Å². The molecular formula is C14H27N3OS. The van der Waals surface area contributed by atoms with E-state index in [1.807, 2.05) is 18.9 Å². The summed E-state index contributed by atoms with van der Waals surface area (Å²) in [5.41, 5.74) is 6.05. The zero-order chi connectivity index (χ0) is 13.7. The van der Waals surface area contributed by atoms with E-state index in [0.29, 0.717) is 12.5 Å². The molecule has 0 spiro atoms. The Bertz CT molecular complexity index is 308. The standard InChI is InChI=1S/C14H27N3OS/c1-12-3-5-14(18-2,6-4-12)11-16-13(15)17-7-9-19-10-8-17/h12H,3-11H2,1-2H3,(H2,15,16). The molecule has 1 aliphatic carbocycles. The van der Waals surface area contributed by atoms with Crippen LogP contribution in [-0.4, -0.2) is 54.7 Å². The molecule has 4 nitrogen and oxygen atoms in total. The van der Waals surface area contributed by atoms with Gasteiger partial charge in [-0.3, -0.25) is 4.99 Å². The molecule has 1 saturated heterocycles. The summed E-state index contributed by atoms with van der Waals surface area (Å²) in [6.45, 7) is 5.09. The highest BCUT2D eigenvalue weighted by atomic mass is 32.2. The molecule has 1 aliphatic heterocycles. The number of nitrogens with two attached hydrogens (primary N) is 1. The fraction of sp³-hybridized carbons (Fsp3) is 0.929. The predicted molar refractivity (Wildman–Crippen MR) is 82.8 cm³/mol. The van der Waals surface area contributed by atoms with Crippen LogP contribution in [-0.2, 0) is 4.74 Å². The van der Waals surface area contributed by atoms with Gasteiger partial charge in [-0.25, -0.2) is 0 Å². The lowest BCUT2D eigenvalue weighted by molar-refractivity contribution is -0.0395. The van der Waals surface area contributed by atoms with Crippen LogP contribution >= 0.6 is 11.8 Å². The molecule has 0 atom stereocenters. The normalized spacial score (nSPS) is 33.5. The van der Waals surface area contributed by atoms with Gasteiger partial charge in [-0.1, -0.05) is 6.92 Å². The molecule has 0 aromatic heterocycles. The van der Waals surface area contributed by atoms with Crippen molar-refractivity contribution < 1.29 is 4.74 Å². The van der Waals surface area contributed by atoms with Crippen LogP contribution in [0.4, 0.5) is 0 Å². The third-order valence-corrected chi connectivity index (χ3v) is 5.43. The lowest BCUT2D eigenvalue weighted by Crippen LogP contribution is -2.45. The van der Waals surface area contributed by atoms with Crippen molar-refractivity contribution in [2.45, 2.75) is 38.2 Å². The van der Waals surface area contributed by atoms with Gasteiger partial charge in [-0.2, -0.15) is 11.8 Å². The molecule has 1 heterocycles. The molecule has 0 aromatic carbocycles. The van der Waals surface area contributed by atoms with E-state index in [0.717, 1.165) is 43.4 Å². The highest BCUT2D eigenvalue weighted by molar-refractivity contribution is 7.99. The Morgan fingerprint density at radius 2 is 2.00 bits per heavy atom. The molecule has 110 valence electrons. The molecule has 0 bridgehead atoms. The van der Waals surface area contributed by atoms with Crippen molar-refractivity contribution in [3.63, 3.8) is 0 Å². The minimum atomic E-state index is -0.0678. The van der Waals surface area contributed by atoms with Crippen LogP contribution in [0.1, 0.15) is 32.6 Å². The summed E-state index contributed by atoms with van der Waals surface area (Å²) in [6.07, 6.45) is 4.70. The van der Waals surface area contributed by atoms with Crippen LogP contribution in [0.25, 0.3) is 0 Å².